The lowest BCUT2D eigenvalue weighted by atomic mass is 9.99. The van der Waals surface area contributed by atoms with Crippen LogP contribution in [0.1, 0.15) is 32.8 Å². The largest absolute Gasteiger partial charge is 0.480 e. The highest BCUT2D eigenvalue weighted by Gasteiger charge is 2.26. The summed E-state index contributed by atoms with van der Waals surface area (Å²) in [5.74, 6) is -2.13. The van der Waals surface area contributed by atoms with E-state index >= 15 is 0 Å². The Kier molecular flexibility index (Phi) is 8.07. The molecule has 0 spiro atoms. The van der Waals surface area contributed by atoms with Gasteiger partial charge in [0.2, 0.25) is 11.8 Å². The van der Waals surface area contributed by atoms with Crippen molar-refractivity contribution in [1.82, 2.24) is 10.6 Å². The topological polar surface area (TPSA) is 122 Å². The van der Waals surface area contributed by atoms with Crippen LogP contribution in [-0.4, -0.2) is 41.0 Å². The van der Waals surface area contributed by atoms with Crippen molar-refractivity contribution in [2.75, 3.05) is 0 Å². The van der Waals surface area contributed by atoms with E-state index in [1.165, 1.54) is 6.92 Å². The molecule has 25 heavy (non-hydrogen) atoms. The number of nitrogens with two attached hydrogens (primary N) is 1. The summed E-state index contributed by atoms with van der Waals surface area (Å²) in [5, 5.41) is 14.3. The van der Waals surface area contributed by atoms with Gasteiger partial charge in [0.25, 0.3) is 0 Å². The standard InChI is InChI=1S/C18H27N3O4/c1-4-11(2)15(19)17(23)20-12(3)16(22)21-14(18(24)25)10-13-8-6-5-7-9-13/h5-9,11-12,14-15H,4,10,19H2,1-3H3,(H,20,23)(H,21,22)(H,24,25)/t11-,12-,14-,15-/m0/s1. The van der Waals surface area contributed by atoms with Gasteiger partial charge in [-0.2, -0.15) is 0 Å². The van der Waals surface area contributed by atoms with Crippen LogP contribution in [0.2, 0.25) is 0 Å². The summed E-state index contributed by atoms with van der Waals surface area (Å²) in [4.78, 5) is 35.7. The van der Waals surface area contributed by atoms with Crippen molar-refractivity contribution >= 4 is 17.8 Å². The summed E-state index contributed by atoms with van der Waals surface area (Å²) in [5.41, 5.74) is 6.63. The number of hydrogen-bond donors (Lipinski definition) is 4. The van der Waals surface area contributed by atoms with Crippen LogP contribution in [-0.2, 0) is 20.8 Å². The average Bonchev–Trinajstić information content (AvgIpc) is 2.60. The Labute approximate surface area is 148 Å². The molecular formula is C18H27N3O4. The van der Waals surface area contributed by atoms with Crippen LogP contribution in [0.25, 0.3) is 0 Å². The maximum absolute atomic E-state index is 12.2. The lowest BCUT2D eigenvalue weighted by Gasteiger charge is -2.22. The van der Waals surface area contributed by atoms with Gasteiger partial charge in [-0.15, -0.1) is 0 Å². The van der Waals surface area contributed by atoms with Crippen molar-refractivity contribution in [2.24, 2.45) is 11.7 Å². The van der Waals surface area contributed by atoms with Gasteiger partial charge >= 0.3 is 5.97 Å². The van der Waals surface area contributed by atoms with Crippen LogP contribution in [0.5, 0.6) is 0 Å². The Hall–Kier alpha value is -2.41. The first-order chi connectivity index (χ1) is 11.8. The van der Waals surface area contributed by atoms with Crippen molar-refractivity contribution in [3.05, 3.63) is 35.9 Å². The fraction of sp³-hybridized carbons (Fsp3) is 0.500. The third kappa shape index (κ3) is 6.54. The molecule has 0 radical (unpaired) electrons. The van der Waals surface area contributed by atoms with Crippen molar-refractivity contribution in [3.63, 3.8) is 0 Å². The second-order valence-corrected chi connectivity index (χ2v) is 6.23. The lowest BCUT2D eigenvalue weighted by Crippen LogP contribution is -2.54. The van der Waals surface area contributed by atoms with Gasteiger partial charge in [-0.3, -0.25) is 9.59 Å². The molecule has 1 aromatic rings. The third-order valence-corrected chi connectivity index (χ3v) is 4.21. The molecule has 1 aromatic carbocycles. The second-order valence-electron chi connectivity index (χ2n) is 6.23. The Morgan fingerprint density at radius 2 is 1.68 bits per heavy atom. The van der Waals surface area contributed by atoms with Gasteiger partial charge in [-0.1, -0.05) is 50.6 Å². The SMILES string of the molecule is CC[C@H](C)[C@H](N)C(=O)N[C@@H](C)C(=O)N[C@@H](Cc1ccccc1)C(=O)O. The number of nitrogens with one attached hydrogen (secondary N) is 2. The van der Waals surface area contributed by atoms with Gasteiger partial charge in [-0.05, 0) is 18.4 Å². The van der Waals surface area contributed by atoms with Gasteiger partial charge < -0.3 is 21.5 Å². The number of hydrogen-bond acceptors (Lipinski definition) is 4. The summed E-state index contributed by atoms with van der Waals surface area (Å²) in [6.07, 6.45) is 0.905. The van der Waals surface area contributed by atoms with Gasteiger partial charge in [-0.25, -0.2) is 4.79 Å². The van der Waals surface area contributed by atoms with E-state index in [4.69, 9.17) is 5.73 Å². The van der Waals surface area contributed by atoms with Crippen molar-refractivity contribution < 1.29 is 19.5 Å². The Bertz CT molecular complexity index is 591. The number of rotatable bonds is 9. The summed E-state index contributed by atoms with van der Waals surface area (Å²) < 4.78 is 0. The highest BCUT2D eigenvalue weighted by Crippen LogP contribution is 2.06. The maximum atomic E-state index is 12.2. The molecule has 0 heterocycles. The van der Waals surface area contributed by atoms with Crippen molar-refractivity contribution in [2.45, 2.75) is 51.7 Å². The fourth-order valence-corrected chi connectivity index (χ4v) is 2.23. The molecule has 138 valence electrons. The van der Waals surface area contributed by atoms with Crippen LogP contribution in [0.3, 0.4) is 0 Å². The smallest absolute Gasteiger partial charge is 0.326 e. The third-order valence-electron chi connectivity index (χ3n) is 4.21. The molecule has 0 aromatic heterocycles. The molecule has 2 amide bonds. The predicted molar refractivity (Wildman–Crippen MR) is 94.7 cm³/mol. The van der Waals surface area contributed by atoms with Gasteiger partial charge in [0.15, 0.2) is 0 Å². The minimum absolute atomic E-state index is 0.0138. The summed E-state index contributed by atoms with van der Waals surface area (Å²) in [7, 11) is 0. The molecule has 7 nitrogen and oxygen atoms in total. The molecule has 0 unspecified atom stereocenters. The molecule has 5 N–H and O–H groups in total. The van der Waals surface area contributed by atoms with E-state index in [2.05, 4.69) is 10.6 Å². The number of benzene rings is 1. The Balaban J connectivity index is 2.64. The van der Waals surface area contributed by atoms with E-state index in [1.54, 1.807) is 24.3 Å². The second kappa shape index (κ2) is 9.78. The van der Waals surface area contributed by atoms with Crippen LogP contribution in [0.4, 0.5) is 0 Å². The minimum Gasteiger partial charge on any atom is -0.480 e. The zero-order valence-corrected chi connectivity index (χ0v) is 14.9. The van der Waals surface area contributed by atoms with Gasteiger partial charge in [0.05, 0.1) is 6.04 Å². The lowest BCUT2D eigenvalue weighted by molar-refractivity contribution is -0.142. The normalized spacial score (nSPS) is 15.5. The fourth-order valence-electron chi connectivity index (χ4n) is 2.23. The summed E-state index contributed by atoms with van der Waals surface area (Å²) in [6, 6.07) is 6.36. The minimum atomic E-state index is -1.13. The zero-order chi connectivity index (χ0) is 19.0. The molecule has 4 atom stereocenters. The number of amides is 2. The first kappa shape index (κ1) is 20.6. The Morgan fingerprint density at radius 1 is 1.08 bits per heavy atom. The molecular weight excluding hydrogens is 322 g/mol. The quantitative estimate of drug-likeness (QED) is 0.522. The summed E-state index contributed by atoms with van der Waals surface area (Å²) >= 11 is 0. The van der Waals surface area contributed by atoms with E-state index in [1.807, 2.05) is 19.9 Å². The highest BCUT2D eigenvalue weighted by atomic mass is 16.4. The van der Waals surface area contributed by atoms with E-state index in [0.29, 0.717) is 0 Å². The number of carboxylic acid groups (broad SMARTS) is 1. The van der Waals surface area contributed by atoms with Crippen molar-refractivity contribution in [3.8, 4) is 0 Å². The van der Waals surface area contributed by atoms with Crippen LogP contribution in [0, 0.1) is 5.92 Å². The molecule has 0 fully saturated rings. The van der Waals surface area contributed by atoms with E-state index < -0.39 is 35.9 Å². The first-order valence-corrected chi connectivity index (χ1v) is 8.39. The molecule has 0 saturated carbocycles. The van der Waals surface area contributed by atoms with Crippen LogP contribution < -0.4 is 16.4 Å². The monoisotopic (exact) mass is 349 g/mol. The predicted octanol–water partition coefficient (Wildman–Crippen LogP) is 0.677. The van der Waals surface area contributed by atoms with Crippen molar-refractivity contribution in [1.29, 1.82) is 0 Å². The first-order valence-electron chi connectivity index (χ1n) is 8.39. The molecule has 7 heteroatoms. The Morgan fingerprint density at radius 3 is 2.20 bits per heavy atom. The van der Waals surface area contributed by atoms with E-state index in [-0.39, 0.29) is 12.3 Å². The van der Waals surface area contributed by atoms with Gasteiger partial charge in [0.1, 0.15) is 12.1 Å². The number of carbonyl (C=O) groups is 3. The summed E-state index contributed by atoms with van der Waals surface area (Å²) in [6.45, 7) is 5.28. The van der Waals surface area contributed by atoms with Gasteiger partial charge in [0, 0.05) is 6.42 Å². The molecule has 1 rings (SSSR count). The maximum Gasteiger partial charge on any atom is 0.326 e. The molecule has 0 aliphatic heterocycles. The van der Waals surface area contributed by atoms with E-state index in [9.17, 15) is 19.5 Å². The molecule has 0 saturated heterocycles. The van der Waals surface area contributed by atoms with Crippen LogP contribution in [0.15, 0.2) is 30.3 Å². The molecule has 0 aliphatic rings. The number of carbonyl (C=O) groups excluding carboxylic acids is 2. The van der Waals surface area contributed by atoms with Crippen LogP contribution >= 0.6 is 0 Å². The average molecular weight is 349 g/mol. The number of carboxylic acids is 1. The van der Waals surface area contributed by atoms with E-state index in [0.717, 1.165) is 12.0 Å². The molecule has 0 bridgehead atoms. The highest BCUT2D eigenvalue weighted by molar-refractivity contribution is 5.91. The number of aliphatic carboxylic acids is 1. The molecule has 0 aliphatic carbocycles. The zero-order valence-electron chi connectivity index (χ0n) is 14.9.